The van der Waals surface area contributed by atoms with Crippen LogP contribution in [-0.4, -0.2) is 31.1 Å². The molecule has 19 heavy (non-hydrogen) atoms. The lowest BCUT2D eigenvalue weighted by Gasteiger charge is -2.20. The first-order valence-electron chi connectivity index (χ1n) is 5.93. The Hall–Kier alpha value is -0.990. The van der Waals surface area contributed by atoms with Gasteiger partial charge in [-0.3, -0.25) is 4.79 Å². The highest BCUT2D eigenvalue weighted by Crippen LogP contribution is 2.22. The van der Waals surface area contributed by atoms with Gasteiger partial charge in [0.25, 0.3) is 0 Å². The lowest BCUT2D eigenvalue weighted by molar-refractivity contribution is -0.159. The van der Waals surface area contributed by atoms with Gasteiger partial charge in [-0.1, -0.05) is 12.1 Å². The third kappa shape index (κ3) is 4.55. The molecule has 0 unspecified atom stereocenters. The van der Waals surface area contributed by atoms with Gasteiger partial charge in [0.05, 0.1) is 25.8 Å². The molecule has 0 radical (unpaired) electrons. The highest BCUT2D eigenvalue weighted by molar-refractivity contribution is 14.1. The topological polar surface area (TPSA) is 59.9 Å². The van der Waals surface area contributed by atoms with Crippen molar-refractivity contribution in [3.8, 4) is 0 Å². The van der Waals surface area contributed by atoms with Crippen LogP contribution in [0.1, 0.15) is 18.9 Å². The summed E-state index contributed by atoms with van der Waals surface area (Å²) in [4.78, 5) is 11.7. The summed E-state index contributed by atoms with van der Waals surface area (Å²) in [6, 6.07) is 7.82. The van der Waals surface area contributed by atoms with Crippen LogP contribution in [-0.2, 0) is 14.3 Å². The highest BCUT2D eigenvalue weighted by atomic mass is 127. The summed E-state index contributed by atoms with van der Waals surface area (Å²) in [5.41, 5.74) is 3.40. The van der Waals surface area contributed by atoms with Crippen molar-refractivity contribution in [1.29, 1.82) is 0 Å². The van der Waals surface area contributed by atoms with Crippen LogP contribution in [0.4, 0.5) is 0 Å². The molecule has 5 nitrogen and oxygen atoms in total. The van der Waals surface area contributed by atoms with E-state index in [0.717, 1.165) is 9.13 Å². The Morgan fingerprint density at radius 1 is 1.42 bits per heavy atom. The quantitative estimate of drug-likeness (QED) is 0.498. The van der Waals surface area contributed by atoms with Crippen molar-refractivity contribution in [2.75, 3.05) is 13.2 Å². The Labute approximate surface area is 125 Å². The minimum absolute atomic E-state index is 0.136. The number of amides is 1. The molecule has 0 saturated carbocycles. The van der Waals surface area contributed by atoms with Crippen molar-refractivity contribution in [2.24, 2.45) is 5.10 Å². The van der Waals surface area contributed by atoms with Crippen molar-refractivity contribution >= 4 is 34.7 Å². The second-order valence-electron chi connectivity index (χ2n) is 4.35. The zero-order valence-electron chi connectivity index (χ0n) is 10.6. The molecule has 6 heteroatoms. The molecule has 0 spiro atoms. The largest absolute Gasteiger partial charge is 0.347 e. The lowest BCUT2D eigenvalue weighted by Crippen LogP contribution is -2.33. The van der Waals surface area contributed by atoms with Gasteiger partial charge in [-0.05, 0) is 47.2 Å². The summed E-state index contributed by atoms with van der Waals surface area (Å²) < 4.78 is 11.9. The average Bonchev–Trinajstić information content (AvgIpc) is 2.78. The number of nitrogens with one attached hydrogen (secondary N) is 1. The van der Waals surface area contributed by atoms with Crippen LogP contribution in [0.25, 0.3) is 0 Å². The van der Waals surface area contributed by atoms with Crippen LogP contribution in [0.5, 0.6) is 0 Å². The average molecular weight is 374 g/mol. The molecule has 1 aliphatic rings. The maximum Gasteiger partial charge on any atom is 0.245 e. The summed E-state index contributed by atoms with van der Waals surface area (Å²) in [5.74, 6) is -1.05. The van der Waals surface area contributed by atoms with Gasteiger partial charge in [0, 0.05) is 3.57 Å². The fourth-order valence-corrected chi connectivity index (χ4v) is 2.08. The number of carbonyl (C=O) groups is 1. The standard InChI is InChI=1S/C13H15IN2O3/c1-13(18-6-7-19-13)8-12(17)16-15-9-10-2-4-11(14)5-3-10/h2-5,9H,6-8H2,1H3,(H,16,17)/b15-9-. The molecule has 1 heterocycles. The first kappa shape index (κ1) is 14.4. The maximum atomic E-state index is 11.7. The van der Waals surface area contributed by atoms with Gasteiger partial charge in [0.15, 0.2) is 5.79 Å². The zero-order valence-corrected chi connectivity index (χ0v) is 12.7. The molecule has 1 aromatic rings. The third-order valence-corrected chi connectivity index (χ3v) is 3.37. The minimum Gasteiger partial charge on any atom is -0.347 e. The Morgan fingerprint density at radius 3 is 2.68 bits per heavy atom. The molecule has 1 saturated heterocycles. The highest BCUT2D eigenvalue weighted by Gasteiger charge is 2.33. The number of halogens is 1. The summed E-state index contributed by atoms with van der Waals surface area (Å²) in [7, 11) is 0. The van der Waals surface area contributed by atoms with Crippen molar-refractivity contribution in [2.45, 2.75) is 19.1 Å². The van der Waals surface area contributed by atoms with E-state index in [9.17, 15) is 4.79 Å². The molecule has 0 atom stereocenters. The molecule has 1 fully saturated rings. The molecule has 1 aliphatic heterocycles. The third-order valence-electron chi connectivity index (χ3n) is 2.65. The summed E-state index contributed by atoms with van der Waals surface area (Å²) >= 11 is 2.23. The smallest absolute Gasteiger partial charge is 0.245 e. The zero-order chi connectivity index (χ0) is 13.7. The number of carbonyl (C=O) groups excluding carboxylic acids is 1. The van der Waals surface area contributed by atoms with Crippen molar-refractivity contribution in [1.82, 2.24) is 5.43 Å². The Morgan fingerprint density at radius 2 is 2.05 bits per heavy atom. The Kier molecular flexibility index (Phi) is 4.89. The van der Waals surface area contributed by atoms with E-state index in [1.807, 2.05) is 24.3 Å². The van der Waals surface area contributed by atoms with Crippen LogP contribution in [0.15, 0.2) is 29.4 Å². The second-order valence-corrected chi connectivity index (χ2v) is 5.60. The molecule has 2 rings (SSSR count). The fraction of sp³-hybridized carbons (Fsp3) is 0.385. The first-order valence-corrected chi connectivity index (χ1v) is 7.01. The SMILES string of the molecule is CC1(CC(=O)N/N=C\c2ccc(I)cc2)OCCO1. The van der Waals surface area contributed by atoms with Gasteiger partial charge in [0.1, 0.15) is 0 Å². The van der Waals surface area contributed by atoms with E-state index >= 15 is 0 Å². The van der Waals surface area contributed by atoms with E-state index in [0.29, 0.717) is 13.2 Å². The summed E-state index contributed by atoms with van der Waals surface area (Å²) in [6.07, 6.45) is 1.74. The molecule has 102 valence electrons. The normalized spacial score (nSPS) is 17.8. The predicted molar refractivity (Wildman–Crippen MR) is 79.8 cm³/mol. The number of hydrogen-bond donors (Lipinski definition) is 1. The fourth-order valence-electron chi connectivity index (χ4n) is 1.72. The molecular formula is C13H15IN2O3. The number of hydrazone groups is 1. The van der Waals surface area contributed by atoms with E-state index in [2.05, 4.69) is 33.1 Å². The van der Waals surface area contributed by atoms with Gasteiger partial charge in [-0.2, -0.15) is 5.10 Å². The number of rotatable bonds is 4. The number of ether oxygens (including phenoxy) is 2. The van der Waals surface area contributed by atoms with Gasteiger partial charge in [0.2, 0.25) is 5.91 Å². The van der Waals surface area contributed by atoms with Crippen LogP contribution in [0.2, 0.25) is 0 Å². The molecule has 1 N–H and O–H groups in total. The van der Waals surface area contributed by atoms with Crippen LogP contribution >= 0.6 is 22.6 Å². The molecular weight excluding hydrogens is 359 g/mol. The summed E-state index contributed by atoms with van der Waals surface area (Å²) in [5, 5.41) is 3.91. The lowest BCUT2D eigenvalue weighted by atomic mass is 10.2. The van der Waals surface area contributed by atoms with E-state index < -0.39 is 5.79 Å². The number of nitrogens with zero attached hydrogens (tertiary/aromatic N) is 1. The van der Waals surface area contributed by atoms with Crippen molar-refractivity contribution in [3.05, 3.63) is 33.4 Å². The van der Waals surface area contributed by atoms with Gasteiger partial charge in [-0.15, -0.1) is 0 Å². The van der Waals surface area contributed by atoms with Crippen LogP contribution < -0.4 is 5.43 Å². The van der Waals surface area contributed by atoms with Gasteiger partial charge in [-0.25, -0.2) is 5.43 Å². The van der Waals surface area contributed by atoms with E-state index in [1.54, 1.807) is 13.1 Å². The number of hydrogen-bond acceptors (Lipinski definition) is 4. The Balaban J connectivity index is 1.81. The van der Waals surface area contributed by atoms with Gasteiger partial charge < -0.3 is 9.47 Å². The van der Waals surface area contributed by atoms with Gasteiger partial charge >= 0.3 is 0 Å². The first-order chi connectivity index (χ1) is 9.07. The molecule has 0 aromatic heterocycles. The van der Waals surface area contributed by atoms with E-state index in [4.69, 9.17) is 9.47 Å². The molecule has 0 aliphatic carbocycles. The predicted octanol–water partition coefficient (Wildman–Crippen LogP) is 1.89. The van der Waals surface area contributed by atoms with Crippen LogP contribution in [0, 0.1) is 3.57 Å². The Bertz CT molecular complexity index is 467. The molecule has 1 amide bonds. The minimum atomic E-state index is -0.817. The monoisotopic (exact) mass is 374 g/mol. The van der Waals surface area contributed by atoms with Crippen molar-refractivity contribution < 1.29 is 14.3 Å². The molecule has 0 bridgehead atoms. The number of benzene rings is 1. The van der Waals surface area contributed by atoms with Crippen molar-refractivity contribution in [3.63, 3.8) is 0 Å². The maximum absolute atomic E-state index is 11.7. The van der Waals surface area contributed by atoms with Crippen LogP contribution in [0.3, 0.4) is 0 Å². The van der Waals surface area contributed by atoms with E-state index in [-0.39, 0.29) is 12.3 Å². The molecule has 1 aromatic carbocycles. The second kappa shape index (κ2) is 6.44. The summed E-state index contributed by atoms with van der Waals surface area (Å²) in [6.45, 7) is 2.80. The van der Waals surface area contributed by atoms with E-state index in [1.165, 1.54) is 0 Å².